The second-order valence-electron chi connectivity index (χ2n) is 20.8. The molecule has 6 aromatic heterocycles. The van der Waals surface area contributed by atoms with Crippen LogP contribution in [0.5, 0.6) is 22.1 Å². The number of carboxylic acid groups (broad SMARTS) is 2. The number of pyridine rings is 2. The second kappa shape index (κ2) is 24.4. The van der Waals surface area contributed by atoms with Crippen LogP contribution in [0.25, 0.3) is 44.6 Å². The lowest BCUT2D eigenvalue weighted by Crippen LogP contribution is -2.16. The molecule has 88 heavy (non-hydrogen) atoms. The molecule has 4 aromatic carbocycles. The smallest absolute Gasteiger partial charge is 0.335 e. The number of ether oxygens (including phenoxy) is 4. The van der Waals surface area contributed by atoms with Gasteiger partial charge in [-0.15, -0.1) is 10.2 Å². The van der Waals surface area contributed by atoms with Gasteiger partial charge >= 0.3 is 11.9 Å². The maximum absolute atomic E-state index is 15.5. The van der Waals surface area contributed by atoms with Crippen LogP contribution < -0.4 is 18.9 Å². The van der Waals surface area contributed by atoms with Crippen molar-refractivity contribution in [1.82, 2.24) is 49.5 Å². The average Bonchev–Trinajstić information content (AvgIpc) is 1.88. The molecular weight excluding hydrogens is 1220 g/mol. The summed E-state index contributed by atoms with van der Waals surface area (Å²) in [6.45, 7) is -1.57. The average molecular weight is 1260 g/mol. The Morgan fingerprint density at radius 1 is 0.511 bits per heavy atom. The molecule has 2 aliphatic carbocycles. The van der Waals surface area contributed by atoms with Crippen LogP contribution in [-0.4, -0.2) is 99.2 Å². The van der Waals surface area contributed by atoms with E-state index in [4.69, 9.17) is 18.9 Å². The Bertz CT molecular complexity index is 4090. The summed E-state index contributed by atoms with van der Waals surface area (Å²) in [6.07, 6.45) is 1.63. The topological polar surface area (TPSA) is 224 Å². The number of carboxylic acids is 2. The van der Waals surface area contributed by atoms with Crippen molar-refractivity contribution in [2.24, 2.45) is 10.8 Å². The molecule has 0 saturated heterocycles. The van der Waals surface area contributed by atoms with Crippen molar-refractivity contribution in [2.45, 2.75) is 64.8 Å². The highest BCUT2D eigenvalue weighted by molar-refractivity contribution is 7.13. The number of aromatic nitrogens is 10. The number of fused-ring (bicyclic) bond motifs is 2. The predicted octanol–water partition coefficient (Wildman–Crippen LogP) is 12.3. The summed E-state index contributed by atoms with van der Waals surface area (Å²) in [5.41, 5.74) is -3.21. The van der Waals surface area contributed by atoms with Gasteiger partial charge in [-0.05, 0) is 110 Å². The molecule has 0 aliphatic heterocycles. The van der Waals surface area contributed by atoms with E-state index in [1.165, 1.54) is 47.6 Å². The van der Waals surface area contributed by atoms with Gasteiger partial charge in [0.15, 0.2) is 33.3 Å². The third-order valence-electron chi connectivity index (χ3n) is 14.8. The highest BCUT2D eigenvalue weighted by atomic mass is 32.1. The first-order chi connectivity index (χ1) is 42.2. The number of hydrogen-bond donors (Lipinski definition) is 2. The Balaban J connectivity index is 0.000000182. The first kappa shape index (κ1) is 60.4. The van der Waals surface area contributed by atoms with Gasteiger partial charge in [-0.3, -0.25) is 8.78 Å². The fourth-order valence-corrected chi connectivity index (χ4v) is 10.7. The molecule has 30 heteroatoms. The molecule has 0 unspecified atom stereocenters. The van der Waals surface area contributed by atoms with Gasteiger partial charge in [-0.25, -0.2) is 64.6 Å². The van der Waals surface area contributed by atoms with Crippen LogP contribution in [0.1, 0.15) is 79.2 Å². The number of imidazole rings is 2. The maximum atomic E-state index is 15.5. The number of aromatic carboxylic acids is 2. The summed E-state index contributed by atoms with van der Waals surface area (Å²) < 4.78 is 172. The monoisotopic (exact) mass is 1260 g/mol. The molecule has 0 bridgehead atoms. The third kappa shape index (κ3) is 12.6. The van der Waals surface area contributed by atoms with E-state index in [-0.39, 0.29) is 128 Å². The van der Waals surface area contributed by atoms with Gasteiger partial charge in [-0.1, -0.05) is 32.9 Å². The first-order valence-electron chi connectivity index (χ1n) is 26.4. The minimum absolute atomic E-state index is 0.0616. The van der Waals surface area contributed by atoms with E-state index in [2.05, 4.69) is 40.3 Å². The molecule has 0 spiro atoms. The highest BCUT2D eigenvalue weighted by Crippen LogP contribution is 2.49. The summed E-state index contributed by atoms with van der Waals surface area (Å²) in [6, 6.07) is 12.1. The van der Waals surface area contributed by atoms with E-state index in [1.54, 1.807) is 0 Å². The van der Waals surface area contributed by atoms with E-state index in [9.17, 15) is 46.1 Å². The number of rotatable bonds is 22. The van der Waals surface area contributed by atoms with E-state index in [0.717, 1.165) is 71.2 Å². The Morgan fingerprint density at radius 2 is 0.909 bits per heavy atom. The lowest BCUT2D eigenvalue weighted by atomic mass is 10.0. The number of carbonyl (C=O) groups is 2. The number of halogens is 10. The fraction of sp³-hybridized carbons (Fsp3) is 0.276. The van der Waals surface area contributed by atoms with Crippen LogP contribution in [0, 0.1) is 57.4 Å². The van der Waals surface area contributed by atoms with Gasteiger partial charge < -0.3 is 38.3 Å². The molecule has 2 fully saturated rings. The van der Waals surface area contributed by atoms with Gasteiger partial charge in [0.05, 0.1) is 61.1 Å². The number of alkyl halides is 2. The van der Waals surface area contributed by atoms with Crippen molar-refractivity contribution in [3.8, 4) is 44.7 Å². The normalized spacial score (nSPS) is 13.8. The second-order valence-corrected chi connectivity index (χ2v) is 22.9. The van der Waals surface area contributed by atoms with E-state index in [1.807, 2.05) is 0 Å². The molecule has 456 valence electrons. The van der Waals surface area contributed by atoms with Crippen molar-refractivity contribution in [1.29, 1.82) is 0 Å². The van der Waals surface area contributed by atoms with Gasteiger partial charge in [-0.2, -0.15) is 0 Å². The summed E-state index contributed by atoms with van der Waals surface area (Å²) in [7, 11) is 2.83. The van der Waals surface area contributed by atoms with E-state index in [0.29, 0.717) is 35.7 Å². The Hall–Kier alpha value is -9.32. The van der Waals surface area contributed by atoms with Gasteiger partial charge in [0.2, 0.25) is 0 Å². The molecule has 0 atom stereocenters. The molecular formula is C58H44F10N10O8S2. The predicted molar refractivity (Wildman–Crippen MR) is 295 cm³/mol. The van der Waals surface area contributed by atoms with Crippen molar-refractivity contribution in [3.05, 3.63) is 163 Å². The number of nitrogens with zero attached hydrogens (tertiary/aromatic N) is 10. The number of benzene rings is 4. The molecule has 0 amide bonds. The minimum Gasteiger partial charge on any atom is -0.478 e. The maximum Gasteiger partial charge on any atom is 0.335 e. The zero-order chi connectivity index (χ0) is 62.3. The van der Waals surface area contributed by atoms with Crippen LogP contribution in [0.2, 0.25) is 0 Å². The summed E-state index contributed by atoms with van der Waals surface area (Å²) in [5, 5.41) is 35.3. The van der Waals surface area contributed by atoms with Crippen LogP contribution in [0.4, 0.5) is 43.9 Å². The van der Waals surface area contributed by atoms with Crippen molar-refractivity contribution in [3.63, 3.8) is 0 Å². The SMILES string of the molecule is COc1nnc(COc2nc(-c3cc(F)c(Cc4nc5c(F)cc(C(=O)O)cc5n4CC4(CF)CC4)cc3F)ccc2F)s1.COc1nnc(COc2nc(-c3cc(F)c(Cc4nc5c(F)cc(C(=O)O)cc5n4CC4(CF)CC4)cc3F)ccc2F)s1. The van der Waals surface area contributed by atoms with E-state index >= 15 is 17.6 Å². The van der Waals surface area contributed by atoms with E-state index < -0.39 is 94.4 Å². The zero-order valence-corrected chi connectivity index (χ0v) is 47.5. The van der Waals surface area contributed by atoms with Crippen molar-refractivity contribution >= 4 is 56.7 Å². The molecule has 2 N–H and O–H groups in total. The molecule has 2 aliphatic rings. The quantitative estimate of drug-likeness (QED) is 0.0602. The lowest BCUT2D eigenvalue weighted by molar-refractivity contribution is 0.0686. The van der Waals surface area contributed by atoms with Gasteiger partial charge in [0.25, 0.3) is 22.1 Å². The van der Waals surface area contributed by atoms with Crippen LogP contribution in [-0.2, 0) is 39.1 Å². The number of methoxy groups -OCH3 is 2. The van der Waals surface area contributed by atoms with Crippen molar-refractivity contribution < 1.29 is 82.7 Å². The molecule has 12 rings (SSSR count). The summed E-state index contributed by atoms with van der Waals surface area (Å²) in [5.74, 6) is -10.4. The zero-order valence-electron chi connectivity index (χ0n) is 45.8. The number of hydrogen-bond acceptors (Lipinski definition) is 16. The Morgan fingerprint density at radius 3 is 1.25 bits per heavy atom. The first-order valence-corrected chi connectivity index (χ1v) is 28.1. The molecule has 2 saturated carbocycles. The Kier molecular flexibility index (Phi) is 16.8. The summed E-state index contributed by atoms with van der Waals surface area (Å²) >= 11 is 2.15. The summed E-state index contributed by atoms with van der Waals surface area (Å²) in [4.78, 5) is 39.7. The minimum atomic E-state index is -1.36. The fourth-order valence-electron chi connectivity index (χ4n) is 9.57. The van der Waals surface area contributed by atoms with Crippen LogP contribution >= 0.6 is 22.7 Å². The molecule has 0 radical (unpaired) electrons. The largest absolute Gasteiger partial charge is 0.478 e. The van der Waals surface area contributed by atoms with Gasteiger partial charge in [0, 0.05) is 47.9 Å². The molecule has 18 nitrogen and oxygen atoms in total. The van der Waals surface area contributed by atoms with Crippen molar-refractivity contribution in [2.75, 3.05) is 27.6 Å². The third-order valence-corrected chi connectivity index (χ3v) is 16.5. The van der Waals surface area contributed by atoms with Crippen LogP contribution in [0.15, 0.2) is 72.8 Å². The lowest BCUT2D eigenvalue weighted by Gasteiger charge is -2.16. The van der Waals surface area contributed by atoms with Gasteiger partial charge in [0.1, 0.15) is 59.2 Å². The molecule has 10 aromatic rings. The molecule has 6 heterocycles. The standard InChI is InChI=1S/2C29H22F5N5O4S/c2*1-42-28-38-37-24(44-28)11-43-26-17(31)2-3-21(35-26)16-10-18(32)14(6-19(16)33)9-23-36-25-20(34)7-15(27(40)41)8-22(25)39(23)13-29(12-30)4-5-29/h2*2-3,6-8,10H,4-5,9,11-13H2,1H3,(H,40,41). The Labute approximate surface area is 498 Å². The highest BCUT2D eigenvalue weighted by Gasteiger charge is 2.45. The van der Waals surface area contributed by atoms with Crippen LogP contribution in [0.3, 0.4) is 0 Å².